The summed E-state index contributed by atoms with van der Waals surface area (Å²) in [6.07, 6.45) is 5.35. The predicted molar refractivity (Wildman–Crippen MR) is 102 cm³/mol. The molecule has 0 saturated carbocycles. The summed E-state index contributed by atoms with van der Waals surface area (Å²) in [7, 11) is 0. The highest BCUT2D eigenvalue weighted by Crippen LogP contribution is 2.32. The maximum absolute atomic E-state index is 6.03. The third-order valence-electron chi connectivity index (χ3n) is 4.90. The van der Waals surface area contributed by atoms with Gasteiger partial charge in [-0.15, -0.1) is 0 Å². The maximum atomic E-state index is 6.03. The van der Waals surface area contributed by atoms with Gasteiger partial charge in [-0.2, -0.15) is 0 Å². The average molecular weight is 332 g/mol. The maximum Gasteiger partial charge on any atom is 0.158 e. The third kappa shape index (κ3) is 3.20. The second kappa shape index (κ2) is 6.77. The minimum Gasteiger partial charge on any atom is -0.352 e. The largest absolute Gasteiger partial charge is 0.352 e. The Morgan fingerprint density at radius 2 is 1.68 bits per heavy atom. The first-order valence-electron chi connectivity index (χ1n) is 8.97. The first kappa shape index (κ1) is 16.0. The molecular weight excluding hydrogens is 308 g/mol. The van der Waals surface area contributed by atoms with Gasteiger partial charge in [0.15, 0.2) is 6.23 Å². The molecule has 25 heavy (non-hydrogen) atoms. The number of nitrogens with zero attached hydrogens (tertiary/aromatic N) is 2. The van der Waals surface area contributed by atoms with Crippen molar-refractivity contribution in [2.24, 2.45) is 0 Å². The van der Waals surface area contributed by atoms with Crippen molar-refractivity contribution in [3.63, 3.8) is 0 Å². The molecule has 1 aliphatic rings. The SMILES string of the molecule is CCc1ccc(-n2ccc(C3OCCN3c3ccc(C)cc3)c2)cc1. The zero-order valence-corrected chi connectivity index (χ0v) is 14.9. The average Bonchev–Trinajstić information content (AvgIpc) is 3.31. The molecule has 0 amide bonds. The van der Waals surface area contributed by atoms with Crippen LogP contribution in [-0.2, 0) is 11.2 Å². The molecule has 0 N–H and O–H groups in total. The predicted octanol–water partition coefficient (Wildman–Crippen LogP) is 4.88. The lowest BCUT2D eigenvalue weighted by Gasteiger charge is -2.24. The molecule has 0 radical (unpaired) electrons. The van der Waals surface area contributed by atoms with E-state index >= 15 is 0 Å². The van der Waals surface area contributed by atoms with E-state index in [-0.39, 0.29) is 6.23 Å². The Morgan fingerprint density at radius 3 is 2.40 bits per heavy atom. The monoisotopic (exact) mass is 332 g/mol. The zero-order chi connectivity index (χ0) is 17.2. The number of hydrogen-bond acceptors (Lipinski definition) is 2. The molecule has 3 aromatic rings. The van der Waals surface area contributed by atoms with E-state index in [1.807, 2.05) is 0 Å². The molecule has 2 heterocycles. The van der Waals surface area contributed by atoms with Crippen molar-refractivity contribution >= 4 is 5.69 Å². The van der Waals surface area contributed by atoms with Crippen LogP contribution in [0.5, 0.6) is 0 Å². The van der Waals surface area contributed by atoms with Gasteiger partial charge in [0, 0.05) is 35.9 Å². The normalized spacial score (nSPS) is 17.2. The first-order valence-corrected chi connectivity index (χ1v) is 8.97. The van der Waals surface area contributed by atoms with E-state index < -0.39 is 0 Å². The number of ether oxygens (including phenoxy) is 1. The third-order valence-corrected chi connectivity index (χ3v) is 4.90. The second-order valence-electron chi connectivity index (χ2n) is 6.62. The quantitative estimate of drug-likeness (QED) is 0.677. The fraction of sp³-hybridized carbons (Fsp3) is 0.273. The number of hydrogen-bond donors (Lipinski definition) is 0. The summed E-state index contributed by atoms with van der Waals surface area (Å²) in [5.41, 5.74) is 6.23. The van der Waals surface area contributed by atoms with Crippen LogP contribution in [0.25, 0.3) is 5.69 Å². The summed E-state index contributed by atoms with van der Waals surface area (Å²) in [6, 6.07) is 19.6. The van der Waals surface area contributed by atoms with Crippen molar-refractivity contribution in [3.05, 3.63) is 83.7 Å². The van der Waals surface area contributed by atoms with Crippen LogP contribution in [0.15, 0.2) is 67.0 Å². The Balaban J connectivity index is 1.58. The van der Waals surface area contributed by atoms with Gasteiger partial charge in [-0.25, -0.2) is 0 Å². The van der Waals surface area contributed by atoms with Crippen molar-refractivity contribution < 1.29 is 4.74 Å². The second-order valence-corrected chi connectivity index (χ2v) is 6.62. The van der Waals surface area contributed by atoms with Crippen LogP contribution in [0.4, 0.5) is 5.69 Å². The number of aryl methyl sites for hydroxylation is 2. The Morgan fingerprint density at radius 1 is 0.960 bits per heavy atom. The molecule has 1 saturated heterocycles. The molecule has 0 spiro atoms. The van der Waals surface area contributed by atoms with Crippen molar-refractivity contribution in [1.82, 2.24) is 4.57 Å². The summed E-state index contributed by atoms with van der Waals surface area (Å²) >= 11 is 0. The summed E-state index contributed by atoms with van der Waals surface area (Å²) < 4.78 is 8.20. The highest BCUT2D eigenvalue weighted by Gasteiger charge is 2.27. The van der Waals surface area contributed by atoms with Crippen LogP contribution < -0.4 is 4.90 Å². The molecule has 3 heteroatoms. The van der Waals surface area contributed by atoms with Crippen LogP contribution in [0.3, 0.4) is 0 Å². The molecular formula is C22H24N2O. The molecule has 1 atom stereocenters. The van der Waals surface area contributed by atoms with Crippen LogP contribution in [-0.4, -0.2) is 17.7 Å². The van der Waals surface area contributed by atoms with Crippen LogP contribution in [0.1, 0.15) is 29.8 Å². The van der Waals surface area contributed by atoms with Gasteiger partial charge in [-0.3, -0.25) is 0 Å². The Hall–Kier alpha value is -2.52. The lowest BCUT2D eigenvalue weighted by atomic mass is 10.1. The number of benzene rings is 2. The van der Waals surface area contributed by atoms with Gasteiger partial charge in [0.25, 0.3) is 0 Å². The zero-order valence-electron chi connectivity index (χ0n) is 14.9. The molecule has 1 aromatic heterocycles. The van der Waals surface area contributed by atoms with Crippen molar-refractivity contribution in [3.8, 4) is 5.69 Å². The van der Waals surface area contributed by atoms with Gasteiger partial charge in [-0.1, -0.05) is 36.8 Å². The molecule has 128 valence electrons. The van der Waals surface area contributed by atoms with E-state index in [1.165, 1.54) is 28.1 Å². The molecule has 0 aliphatic carbocycles. The van der Waals surface area contributed by atoms with Crippen molar-refractivity contribution in [1.29, 1.82) is 0 Å². The van der Waals surface area contributed by atoms with Crippen molar-refractivity contribution in [2.75, 3.05) is 18.1 Å². The van der Waals surface area contributed by atoms with E-state index in [0.29, 0.717) is 0 Å². The Kier molecular flexibility index (Phi) is 4.33. The highest BCUT2D eigenvalue weighted by atomic mass is 16.5. The lowest BCUT2D eigenvalue weighted by Crippen LogP contribution is -2.22. The highest BCUT2D eigenvalue weighted by molar-refractivity contribution is 5.50. The first-order chi connectivity index (χ1) is 12.2. The van der Waals surface area contributed by atoms with E-state index in [1.54, 1.807) is 0 Å². The van der Waals surface area contributed by atoms with E-state index in [9.17, 15) is 0 Å². The minimum absolute atomic E-state index is 0.0149. The summed E-state index contributed by atoms with van der Waals surface area (Å²) in [5.74, 6) is 0. The van der Waals surface area contributed by atoms with Gasteiger partial charge >= 0.3 is 0 Å². The molecule has 2 aromatic carbocycles. The molecule has 1 aliphatic heterocycles. The molecule has 0 bridgehead atoms. The minimum atomic E-state index is -0.0149. The summed E-state index contributed by atoms with van der Waals surface area (Å²) in [5, 5.41) is 0. The van der Waals surface area contributed by atoms with E-state index in [0.717, 1.165) is 19.6 Å². The van der Waals surface area contributed by atoms with E-state index in [2.05, 4.69) is 90.3 Å². The Bertz CT molecular complexity index is 833. The van der Waals surface area contributed by atoms with Gasteiger partial charge in [-0.05, 0) is 49.2 Å². The van der Waals surface area contributed by atoms with Crippen molar-refractivity contribution in [2.45, 2.75) is 26.5 Å². The van der Waals surface area contributed by atoms with Gasteiger partial charge in [0.05, 0.1) is 6.61 Å². The van der Waals surface area contributed by atoms with Gasteiger partial charge in [0.1, 0.15) is 0 Å². The molecule has 4 rings (SSSR count). The summed E-state index contributed by atoms with van der Waals surface area (Å²) in [4.78, 5) is 2.33. The van der Waals surface area contributed by atoms with Gasteiger partial charge in [0.2, 0.25) is 0 Å². The number of rotatable bonds is 4. The molecule has 3 nitrogen and oxygen atoms in total. The fourth-order valence-electron chi connectivity index (χ4n) is 3.37. The molecule has 1 unspecified atom stereocenters. The topological polar surface area (TPSA) is 17.4 Å². The van der Waals surface area contributed by atoms with E-state index in [4.69, 9.17) is 4.74 Å². The summed E-state index contributed by atoms with van der Waals surface area (Å²) in [6.45, 7) is 5.98. The van der Waals surface area contributed by atoms with Gasteiger partial charge < -0.3 is 14.2 Å². The lowest BCUT2D eigenvalue weighted by molar-refractivity contribution is 0.114. The standard InChI is InChI=1S/C22H24N2O/c1-3-18-6-10-20(11-7-18)23-13-12-19(16-23)22-24(14-15-25-22)21-8-4-17(2)5-9-21/h4-13,16,22H,3,14-15H2,1-2H3. The molecule has 1 fully saturated rings. The van der Waals surface area contributed by atoms with Crippen LogP contribution >= 0.6 is 0 Å². The fourth-order valence-corrected chi connectivity index (χ4v) is 3.37. The Labute approximate surface area is 149 Å². The van der Waals surface area contributed by atoms with Crippen LogP contribution in [0, 0.1) is 6.92 Å². The smallest absolute Gasteiger partial charge is 0.158 e. The number of aromatic nitrogens is 1. The number of anilines is 1. The van der Waals surface area contributed by atoms with Crippen LogP contribution in [0.2, 0.25) is 0 Å².